The summed E-state index contributed by atoms with van der Waals surface area (Å²) in [6, 6.07) is 12.5. The van der Waals surface area contributed by atoms with Crippen molar-refractivity contribution in [2.45, 2.75) is 13.5 Å². The number of ketones is 1. The van der Waals surface area contributed by atoms with Gasteiger partial charge in [0.25, 0.3) is 5.91 Å². The molecule has 0 aliphatic rings. The number of halogens is 2. The molecule has 0 spiro atoms. The summed E-state index contributed by atoms with van der Waals surface area (Å²) in [6.07, 6.45) is 0. The first-order chi connectivity index (χ1) is 13.4. The van der Waals surface area contributed by atoms with Crippen LogP contribution in [0.15, 0.2) is 53.9 Å². The van der Waals surface area contributed by atoms with Crippen LogP contribution in [0.4, 0.5) is 25.3 Å². The van der Waals surface area contributed by atoms with Crippen molar-refractivity contribution in [1.29, 1.82) is 0 Å². The Morgan fingerprint density at radius 2 is 1.68 bits per heavy atom. The van der Waals surface area contributed by atoms with Crippen molar-refractivity contribution in [3.63, 3.8) is 0 Å². The standard InChI is InChI=1S/C19H15F2N3O3S/c1-11(25)12-2-4-13(5-3-12)22-17(26)16-10-28-19(24-16)23-14-6-8-15(9-7-14)27-18(20)21/h2-10,18H,1H3,(H,22,26)(H,23,24). The van der Waals surface area contributed by atoms with Crippen LogP contribution in [0.5, 0.6) is 5.75 Å². The molecule has 28 heavy (non-hydrogen) atoms. The molecule has 0 bridgehead atoms. The smallest absolute Gasteiger partial charge is 0.387 e. The van der Waals surface area contributed by atoms with Gasteiger partial charge in [0.15, 0.2) is 10.9 Å². The number of aromatic nitrogens is 1. The average molecular weight is 403 g/mol. The molecule has 1 amide bonds. The lowest BCUT2D eigenvalue weighted by Crippen LogP contribution is -2.12. The van der Waals surface area contributed by atoms with E-state index in [-0.39, 0.29) is 23.1 Å². The fourth-order valence-corrected chi connectivity index (χ4v) is 2.97. The highest BCUT2D eigenvalue weighted by molar-refractivity contribution is 7.14. The van der Waals surface area contributed by atoms with Crippen molar-refractivity contribution in [1.82, 2.24) is 4.98 Å². The van der Waals surface area contributed by atoms with E-state index in [2.05, 4.69) is 20.4 Å². The van der Waals surface area contributed by atoms with Gasteiger partial charge in [-0.1, -0.05) is 0 Å². The van der Waals surface area contributed by atoms with Crippen LogP contribution in [0.25, 0.3) is 0 Å². The van der Waals surface area contributed by atoms with Gasteiger partial charge in [-0.25, -0.2) is 4.98 Å². The van der Waals surface area contributed by atoms with Crippen molar-refractivity contribution >= 4 is 39.5 Å². The molecule has 0 aliphatic carbocycles. The second-order valence-electron chi connectivity index (χ2n) is 5.65. The molecule has 0 atom stereocenters. The van der Waals surface area contributed by atoms with E-state index in [0.29, 0.717) is 22.1 Å². The Balaban J connectivity index is 1.61. The molecule has 1 aromatic heterocycles. The van der Waals surface area contributed by atoms with Crippen LogP contribution in [0.3, 0.4) is 0 Å². The van der Waals surface area contributed by atoms with Gasteiger partial charge >= 0.3 is 6.61 Å². The van der Waals surface area contributed by atoms with Gasteiger partial charge < -0.3 is 15.4 Å². The zero-order chi connectivity index (χ0) is 20.1. The van der Waals surface area contributed by atoms with Crippen LogP contribution >= 0.6 is 11.3 Å². The minimum Gasteiger partial charge on any atom is -0.435 e. The van der Waals surface area contributed by atoms with E-state index in [9.17, 15) is 18.4 Å². The van der Waals surface area contributed by atoms with Gasteiger partial charge in [0.2, 0.25) is 0 Å². The first-order valence-electron chi connectivity index (χ1n) is 8.10. The van der Waals surface area contributed by atoms with E-state index in [1.807, 2.05) is 0 Å². The Morgan fingerprint density at radius 1 is 1.04 bits per heavy atom. The van der Waals surface area contributed by atoms with E-state index < -0.39 is 6.61 Å². The number of alkyl halides is 2. The number of carbonyl (C=O) groups is 2. The molecule has 2 aromatic carbocycles. The van der Waals surface area contributed by atoms with Gasteiger partial charge in [-0.3, -0.25) is 9.59 Å². The second kappa shape index (κ2) is 8.57. The second-order valence-corrected chi connectivity index (χ2v) is 6.51. The topological polar surface area (TPSA) is 80.3 Å². The molecule has 0 fully saturated rings. The molecule has 0 unspecified atom stereocenters. The average Bonchev–Trinajstić information content (AvgIpc) is 3.12. The molecule has 3 rings (SSSR count). The molecule has 144 valence electrons. The molecular formula is C19H15F2N3O3S. The summed E-state index contributed by atoms with van der Waals surface area (Å²) in [6.45, 7) is -1.41. The molecule has 0 saturated carbocycles. The number of hydrogen-bond donors (Lipinski definition) is 2. The Labute approximate surface area is 163 Å². The van der Waals surface area contributed by atoms with Crippen LogP contribution in [-0.2, 0) is 0 Å². The van der Waals surface area contributed by atoms with Crippen molar-refractivity contribution in [3.05, 3.63) is 65.2 Å². The lowest BCUT2D eigenvalue weighted by molar-refractivity contribution is -0.0498. The summed E-state index contributed by atoms with van der Waals surface area (Å²) >= 11 is 1.23. The van der Waals surface area contributed by atoms with Crippen LogP contribution in [0, 0.1) is 0 Å². The van der Waals surface area contributed by atoms with Crippen LogP contribution in [0.1, 0.15) is 27.8 Å². The molecule has 0 radical (unpaired) electrons. The number of ether oxygens (including phenoxy) is 1. The summed E-state index contributed by atoms with van der Waals surface area (Å²) in [4.78, 5) is 27.8. The minimum absolute atomic E-state index is 0.0514. The number of hydrogen-bond acceptors (Lipinski definition) is 6. The molecule has 0 saturated heterocycles. The molecule has 9 heteroatoms. The zero-order valence-corrected chi connectivity index (χ0v) is 15.4. The Bertz CT molecular complexity index is 973. The van der Waals surface area contributed by atoms with Gasteiger partial charge in [0, 0.05) is 22.3 Å². The summed E-state index contributed by atoms with van der Waals surface area (Å²) < 4.78 is 28.6. The Hall–Kier alpha value is -3.33. The number of nitrogens with one attached hydrogen (secondary N) is 2. The number of thiazole rings is 1. The molecule has 2 N–H and O–H groups in total. The number of Topliss-reactive ketones (excluding diaryl/α,β-unsaturated/α-hetero) is 1. The molecular weight excluding hydrogens is 388 g/mol. The fraction of sp³-hybridized carbons (Fsp3) is 0.105. The summed E-state index contributed by atoms with van der Waals surface area (Å²) in [5.41, 5.74) is 1.94. The SMILES string of the molecule is CC(=O)c1ccc(NC(=O)c2csc(Nc3ccc(OC(F)F)cc3)n2)cc1. The van der Waals surface area contributed by atoms with E-state index in [1.54, 1.807) is 41.8 Å². The summed E-state index contributed by atoms with van der Waals surface area (Å²) in [7, 11) is 0. The first-order valence-corrected chi connectivity index (χ1v) is 8.98. The third kappa shape index (κ3) is 5.10. The number of benzene rings is 2. The predicted octanol–water partition coefficient (Wildman–Crippen LogP) is 4.94. The Morgan fingerprint density at radius 3 is 2.29 bits per heavy atom. The monoisotopic (exact) mass is 403 g/mol. The molecule has 3 aromatic rings. The van der Waals surface area contributed by atoms with Crippen LogP contribution in [0.2, 0.25) is 0 Å². The first kappa shape index (κ1) is 19.4. The summed E-state index contributed by atoms with van der Waals surface area (Å²) in [5.74, 6) is -0.391. The third-order valence-electron chi connectivity index (χ3n) is 3.62. The number of carbonyl (C=O) groups excluding carboxylic acids is 2. The summed E-state index contributed by atoms with van der Waals surface area (Å²) in [5, 5.41) is 7.76. The van der Waals surface area contributed by atoms with Gasteiger partial charge in [-0.15, -0.1) is 11.3 Å². The molecule has 6 nitrogen and oxygen atoms in total. The zero-order valence-electron chi connectivity index (χ0n) is 14.6. The van der Waals surface area contributed by atoms with Crippen LogP contribution < -0.4 is 15.4 Å². The van der Waals surface area contributed by atoms with Gasteiger partial charge in [0.1, 0.15) is 11.4 Å². The lowest BCUT2D eigenvalue weighted by atomic mass is 10.1. The quantitative estimate of drug-likeness (QED) is 0.546. The highest BCUT2D eigenvalue weighted by Crippen LogP contribution is 2.24. The largest absolute Gasteiger partial charge is 0.435 e. The molecule has 0 aliphatic heterocycles. The third-order valence-corrected chi connectivity index (χ3v) is 4.37. The minimum atomic E-state index is -2.88. The number of rotatable bonds is 7. The fourth-order valence-electron chi connectivity index (χ4n) is 2.26. The van der Waals surface area contributed by atoms with E-state index >= 15 is 0 Å². The van der Waals surface area contributed by atoms with Crippen molar-refractivity contribution in [2.75, 3.05) is 10.6 Å². The van der Waals surface area contributed by atoms with E-state index in [4.69, 9.17) is 0 Å². The van der Waals surface area contributed by atoms with Crippen molar-refractivity contribution < 1.29 is 23.1 Å². The van der Waals surface area contributed by atoms with Gasteiger partial charge in [-0.2, -0.15) is 8.78 Å². The highest BCUT2D eigenvalue weighted by atomic mass is 32.1. The molecule has 1 heterocycles. The maximum absolute atomic E-state index is 12.3. The maximum Gasteiger partial charge on any atom is 0.387 e. The van der Waals surface area contributed by atoms with Crippen molar-refractivity contribution in [2.24, 2.45) is 0 Å². The number of amides is 1. The van der Waals surface area contributed by atoms with Gasteiger partial charge in [0.05, 0.1) is 0 Å². The number of anilines is 3. The van der Waals surface area contributed by atoms with Gasteiger partial charge in [-0.05, 0) is 55.5 Å². The number of nitrogens with zero attached hydrogens (tertiary/aromatic N) is 1. The normalized spacial score (nSPS) is 10.6. The van der Waals surface area contributed by atoms with Crippen LogP contribution in [-0.4, -0.2) is 23.3 Å². The van der Waals surface area contributed by atoms with E-state index in [1.165, 1.54) is 30.4 Å². The lowest BCUT2D eigenvalue weighted by Gasteiger charge is -2.06. The highest BCUT2D eigenvalue weighted by Gasteiger charge is 2.12. The van der Waals surface area contributed by atoms with Crippen molar-refractivity contribution in [3.8, 4) is 5.75 Å². The maximum atomic E-state index is 12.3. The predicted molar refractivity (Wildman–Crippen MR) is 103 cm³/mol. The van der Waals surface area contributed by atoms with E-state index in [0.717, 1.165) is 0 Å². The Kier molecular flexibility index (Phi) is 5.95.